The van der Waals surface area contributed by atoms with Gasteiger partial charge >= 0.3 is 5.97 Å². The first kappa shape index (κ1) is 13.1. The van der Waals surface area contributed by atoms with Gasteiger partial charge in [-0.3, -0.25) is 0 Å². The summed E-state index contributed by atoms with van der Waals surface area (Å²) in [7, 11) is 2.15. The first-order valence-corrected chi connectivity index (χ1v) is 6.97. The van der Waals surface area contributed by atoms with Gasteiger partial charge in [0.25, 0.3) is 0 Å². The topological polar surface area (TPSA) is 58.4 Å². The van der Waals surface area contributed by atoms with Crippen LogP contribution in [0.1, 0.15) is 29.0 Å². The summed E-state index contributed by atoms with van der Waals surface area (Å²) in [5.74, 6) is -0.0350. The van der Waals surface area contributed by atoms with E-state index in [9.17, 15) is 9.90 Å². The second kappa shape index (κ2) is 4.90. The van der Waals surface area contributed by atoms with Crippen molar-refractivity contribution < 1.29 is 9.90 Å². The molecule has 0 amide bonds. The molecule has 1 aliphatic heterocycles. The molecule has 0 saturated carbocycles. The Morgan fingerprint density at radius 1 is 1.50 bits per heavy atom. The van der Waals surface area contributed by atoms with Gasteiger partial charge in [0.1, 0.15) is 11.3 Å². The zero-order chi connectivity index (χ0) is 14.3. The molecule has 0 spiro atoms. The number of hydrogen-bond donors (Lipinski definition) is 1. The van der Waals surface area contributed by atoms with Gasteiger partial charge in [-0.25, -0.2) is 9.78 Å². The highest BCUT2D eigenvalue weighted by atomic mass is 16.4. The number of hydrogen-bond acceptors (Lipinski definition) is 3. The molecule has 1 aromatic heterocycles. The number of aromatic carboxylic acids is 1. The van der Waals surface area contributed by atoms with E-state index < -0.39 is 5.97 Å². The average Bonchev–Trinajstić information content (AvgIpc) is 2.94. The zero-order valence-electron chi connectivity index (χ0n) is 11.8. The van der Waals surface area contributed by atoms with Crippen molar-refractivity contribution in [2.75, 3.05) is 13.6 Å². The van der Waals surface area contributed by atoms with E-state index >= 15 is 0 Å². The number of rotatable bonds is 3. The summed E-state index contributed by atoms with van der Waals surface area (Å²) in [4.78, 5) is 18.1. The van der Waals surface area contributed by atoms with Crippen molar-refractivity contribution in [1.29, 1.82) is 0 Å². The lowest BCUT2D eigenvalue weighted by Gasteiger charge is -2.21. The molecule has 0 bridgehead atoms. The molecule has 0 radical (unpaired) electrons. The van der Waals surface area contributed by atoms with Crippen LogP contribution in [0.15, 0.2) is 18.2 Å². The van der Waals surface area contributed by atoms with Crippen molar-refractivity contribution >= 4 is 17.0 Å². The molecule has 3 rings (SSSR count). The van der Waals surface area contributed by atoms with E-state index in [1.807, 2.05) is 13.0 Å². The van der Waals surface area contributed by atoms with Crippen molar-refractivity contribution in [3.8, 4) is 0 Å². The van der Waals surface area contributed by atoms with Crippen molar-refractivity contribution in [1.82, 2.24) is 14.5 Å². The number of para-hydroxylation sites is 1. The van der Waals surface area contributed by atoms with E-state index in [1.165, 1.54) is 12.8 Å². The Hall–Kier alpha value is -1.88. The molecular weight excluding hydrogens is 254 g/mol. The largest absolute Gasteiger partial charge is 0.478 e. The number of aryl methyl sites for hydroxylation is 1. The molecule has 2 aromatic rings. The summed E-state index contributed by atoms with van der Waals surface area (Å²) in [5.41, 5.74) is 1.80. The SMILES string of the molecule is Cc1nc2c(C(=O)O)cccc2n1CC1CCCN1C. The van der Waals surface area contributed by atoms with Crippen LogP contribution in [0.3, 0.4) is 0 Å². The van der Waals surface area contributed by atoms with E-state index in [0.717, 1.165) is 24.4 Å². The molecule has 20 heavy (non-hydrogen) atoms. The number of fused-ring (bicyclic) bond motifs is 1. The Labute approximate surface area is 117 Å². The molecule has 1 N–H and O–H groups in total. The number of aromatic nitrogens is 2. The number of imidazole rings is 1. The van der Waals surface area contributed by atoms with Gasteiger partial charge in [-0.15, -0.1) is 0 Å². The van der Waals surface area contributed by atoms with Crippen LogP contribution in [0.4, 0.5) is 0 Å². The monoisotopic (exact) mass is 273 g/mol. The summed E-state index contributed by atoms with van der Waals surface area (Å²) in [5, 5.41) is 9.25. The van der Waals surface area contributed by atoms with E-state index in [0.29, 0.717) is 11.6 Å². The maximum absolute atomic E-state index is 11.3. The normalized spacial score (nSPS) is 19.8. The highest BCUT2D eigenvalue weighted by Gasteiger charge is 2.23. The minimum Gasteiger partial charge on any atom is -0.478 e. The fourth-order valence-corrected chi connectivity index (χ4v) is 3.09. The summed E-state index contributed by atoms with van der Waals surface area (Å²) in [6.07, 6.45) is 2.42. The van der Waals surface area contributed by atoms with Crippen LogP contribution in [0.25, 0.3) is 11.0 Å². The highest BCUT2D eigenvalue weighted by molar-refractivity contribution is 6.01. The van der Waals surface area contributed by atoms with Gasteiger partial charge in [-0.2, -0.15) is 0 Å². The first-order valence-electron chi connectivity index (χ1n) is 6.97. The van der Waals surface area contributed by atoms with Crippen molar-refractivity contribution in [3.63, 3.8) is 0 Å². The van der Waals surface area contributed by atoms with E-state index in [4.69, 9.17) is 0 Å². The lowest BCUT2D eigenvalue weighted by molar-refractivity contribution is 0.0699. The number of benzene rings is 1. The zero-order valence-corrected chi connectivity index (χ0v) is 11.8. The average molecular weight is 273 g/mol. The third-order valence-corrected chi connectivity index (χ3v) is 4.27. The molecule has 106 valence electrons. The van der Waals surface area contributed by atoms with Crippen LogP contribution in [0.5, 0.6) is 0 Å². The third kappa shape index (κ3) is 2.08. The van der Waals surface area contributed by atoms with Crippen molar-refractivity contribution in [2.45, 2.75) is 32.4 Å². The smallest absolute Gasteiger partial charge is 0.337 e. The maximum Gasteiger partial charge on any atom is 0.337 e. The fourth-order valence-electron chi connectivity index (χ4n) is 3.09. The Morgan fingerprint density at radius 2 is 2.30 bits per heavy atom. The van der Waals surface area contributed by atoms with Gasteiger partial charge in [0.2, 0.25) is 0 Å². The van der Waals surface area contributed by atoms with E-state index in [-0.39, 0.29) is 5.56 Å². The van der Waals surface area contributed by atoms with Crippen LogP contribution >= 0.6 is 0 Å². The van der Waals surface area contributed by atoms with Gasteiger partial charge < -0.3 is 14.6 Å². The van der Waals surface area contributed by atoms with Crippen LogP contribution in [0.2, 0.25) is 0 Å². The van der Waals surface area contributed by atoms with Gasteiger partial charge in [0, 0.05) is 12.6 Å². The van der Waals surface area contributed by atoms with Gasteiger partial charge in [0.05, 0.1) is 11.1 Å². The highest BCUT2D eigenvalue weighted by Crippen LogP contribution is 2.23. The lowest BCUT2D eigenvalue weighted by Crippen LogP contribution is -2.29. The Kier molecular flexibility index (Phi) is 3.22. The number of likely N-dealkylation sites (N-methyl/N-ethyl adjacent to an activating group) is 1. The Bertz CT molecular complexity index is 662. The molecule has 1 fully saturated rings. The van der Waals surface area contributed by atoms with Gasteiger partial charge in [0.15, 0.2) is 0 Å². The molecule has 2 heterocycles. The Morgan fingerprint density at radius 3 is 2.95 bits per heavy atom. The molecule has 1 aromatic carbocycles. The van der Waals surface area contributed by atoms with E-state index in [1.54, 1.807) is 12.1 Å². The van der Waals surface area contributed by atoms with E-state index in [2.05, 4.69) is 21.5 Å². The van der Waals surface area contributed by atoms with Gasteiger partial charge in [-0.05, 0) is 45.5 Å². The molecule has 1 aliphatic rings. The van der Waals surface area contributed by atoms with Crippen molar-refractivity contribution in [3.05, 3.63) is 29.6 Å². The second-order valence-corrected chi connectivity index (χ2v) is 5.52. The predicted octanol–water partition coefficient (Wildman–Crippen LogP) is 2.14. The predicted molar refractivity (Wildman–Crippen MR) is 77.1 cm³/mol. The molecule has 5 nitrogen and oxygen atoms in total. The summed E-state index contributed by atoms with van der Waals surface area (Å²) in [6, 6.07) is 5.88. The Balaban J connectivity index is 2.05. The van der Waals surface area contributed by atoms with Crippen LogP contribution in [-0.4, -0.2) is 45.2 Å². The van der Waals surface area contributed by atoms with Crippen LogP contribution < -0.4 is 0 Å². The van der Waals surface area contributed by atoms with Crippen LogP contribution in [0, 0.1) is 6.92 Å². The van der Waals surface area contributed by atoms with Crippen molar-refractivity contribution in [2.24, 2.45) is 0 Å². The second-order valence-electron chi connectivity index (χ2n) is 5.52. The number of likely N-dealkylation sites (tertiary alicyclic amines) is 1. The number of nitrogens with zero attached hydrogens (tertiary/aromatic N) is 3. The number of carbonyl (C=O) groups is 1. The standard InChI is InChI=1S/C15H19N3O2/c1-10-16-14-12(15(19)20)6-3-7-13(14)18(10)9-11-5-4-8-17(11)2/h3,6-7,11H,4-5,8-9H2,1-2H3,(H,19,20). The molecule has 1 unspecified atom stereocenters. The minimum absolute atomic E-state index is 0.282. The first-order chi connectivity index (χ1) is 9.58. The molecular formula is C15H19N3O2. The summed E-state index contributed by atoms with van der Waals surface area (Å²) < 4.78 is 2.15. The summed E-state index contributed by atoms with van der Waals surface area (Å²) >= 11 is 0. The summed E-state index contributed by atoms with van der Waals surface area (Å²) in [6.45, 7) is 3.96. The minimum atomic E-state index is -0.918. The number of carboxylic acids is 1. The molecule has 1 saturated heterocycles. The molecule has 1 atom stereocenters. The fraction of sp³-hybridized carbons (Fsp3) is 0.467. The quantitative estimate of drug-likeness (QED) is 0.930. The maximum atomic E-state index is 11.3. The molecule has 0 aliphatic carbocycles. The number of carboxylic acid groups (broad SMARTS) is 1. The van der Waals surface area contributed by atoms with Crippen LogP contribution in [-0.2, 0) is 6.54 Å². The van der Waals surface area contributed by atoms with Gasteiger partial charge in [-0.1, -0.05) is 6.07 Å². The molecule has 5 heteroatoms. The third-order valence-electron chi connectivity index (χ3n) is 4.27. The lowest BCUT2D eigenvalue weighted by atomic mass is 10.1.